The van der Waals surface area contributed by atoms with Crippen molar-refractivity contribution in [3.8, 4) is 0 Å². The molecule has 3 N–H and O–H groups in total. The van der Waals surface area contributed by atoms with Crippen LogP contribution in [0.4, 0.5) is 10.1 Å². The summed E-state index contributed by atoms with van der Waals surface area (Å²) in [6.45, 7) is 2.70. The summed E-state index contributed by atoms with van der Waals surface area (Å²) >= 11 is 0. The number of halogens is 1. The van der Waals surface area contributed by atoms with Gasteiger partial charge in [-0.25, -0.2) is 9.18 Å². The molecular weight excluding hydrogens is 239 g/mol. The molecule has 18 heavy (non-hydrogen) atoms. The lowest BCUT2D eigenvalue weighted by molar-refractivity contribution is -0.115. The van der Waals surface area contributed by atoms with E-state index >= 15 is 0 Å². The Kier molecular flexibility index (Phi) is 5.26. The van der Waals surface area contributed by atoms with Crippen molar-refractivity contribution in [1.29, 1.82) is 0 Å². The average Bonchev–Trinajstić information content (AvgIpc) is 2.28. The molecule has 0 aliphatic carbocycles. The Labute approximate surface area is 104 Å². The predicted molar refractivity (Wildman–Crippen MR) is 65.1 cm³/mol. The smallest absolute Gasteiger partial charge is 0.340 e. The van der Waals surface area contributed by atoms with Gasteiger partial charge >= 0.3 is 5.97 Å². The van der Waals surface area contributed by atoms with Gasteiger partial charge in [0.05, 0.1) is 12.2 Å². The summed E-state index contributed by atoms with van der Waals surface area (Å²) in [7, 11) is 0. The molecule has 0 saturated heterocycles. The third kappa shape index (κ3) is 3.81. The summed E-state index contributed by atoms with van der Waals surface area (Å²) in [5, 5.41) is 14.1. The summed E-state index contributed by atoms with van der Waals surface area (Å²) < 4.78 is 13.3. The first-order valence-electron chi connectivity index (χ1n) is 5.58. The van der Waals surface area contributed by atoms with Crippen LogP contribution in [0.2, 0.25) is 0 Å². The SMILES string of the molecule is CCCNCC(=O)Nc1cccc(F)c1C(=O)O. The summed E-state index contributed by atoms with van der Waals surface area (Å²) in [5.41, 5.74) is -0.563. The van der Waals surface area contributed by atoms with Crippen LogP contribution in [-0.4, -0.2) is 30.1 Å². The third-order valence-corrected chi connectivity index (χ3v) is 2.21. The molecule has 6 heteroatoms. The highest BCUT2D eigenvalue weighted by Crippen LogP contribution is 2.18. The molecule has 5 nitrogen and oxygen atoms in total. The lowest BCUT2D eigenvalue weighted by Crippen LogP contribution is -2.29. The fraction of sp³-hybridized carbons (Fsp3) is 0.333. The average molecular weight is 254 g/mol. The highest BCUT2D eigenvalue weighted by molar-refractivity contribution is 6.01. The largest absolute Gasteiger partial charge is 0.478 e. The van der Waals surface area contributed by atoms with Crippen molar-refractivity contribution in [2.45, 2.75) is 13.3 Å². The number of hydrogen-bond donors (Lipinski definition) is 3. The van der Waals surface area contributed by atoms with Crippen molar-refractivity contribution in [2.75, 3.05) is 18.4 Å². The molecule has 0 radical (unpaired) electrons. The van der Waals surface area contributed by atoms with Crippen LogP contribution >= 0.6 is 0 Å². The zero-order chi connectivity index (χ0) is 13.5. The van der Waals surface area contributed by atoms with Crippen molar-refractivity contribution >= 4 is 17.6 Å². The molecule has 0 fully saturated rings. The molecular formula is C12H15FN2O3. The van der Waals surface area contributed by atoms with Crippen LogP contribution in [0.1, 0.15) is 23.7 Å². The molecule has 1 rings (SSSR count). The number of rotatable bonds is 6. The fourth-order valence-electron chi connectivity index (χ4n) is 1.42. The van der Waals surface area contributed by atoms with E-state index < -0.39 is 23.3 Å². The van der Waals surface area contributed by atoms with Gasteiger partial charge in [-0.2, -0.15) is 0 Å². The molecule has 98 valence electrons. The van der Waals surface area contributed by atoms with Gasteiger partial charge < -0.3 is 15.7 Å². The van der Waals surface area contributed by atoms with Crippen molar-refractivity contribution in [3.05, 3.63) is 29.6 Å². The molecule has 0 atom stereocenters. The zero-order valence-electron chi connectivity index (χ0n) is 10.00. The van der Waals surface area contributed by atoms with E-state index in [0.717, 1.165) is 12.5 Å². The number of carboxylic acids is 1. The van der Waals surface area contributed by atoms with E-state index in [1.165, 1.54) is 12.1 Å². The van der Waals surface area contributed by atoms with Gasteiger partial charge in [0, 0.05) is 0 Å². The van der Waals surface area contributed by atoms with Gasteiger partial charge in [-0.3, -0.25) is 4.79 Å². The summed E-state index contributed by atoms with van der Waals surface area (Å²) in [6.07, 6.45) is 0.883. The second-order valence-corrected chi connectivity index (χ2v) is 3.69. The van der Waals surface area contributed by atoms with Crippen LogP contribution in [0.5, 0.6) is 0 Å². The maximum absolute atomic E-state index is 13.3. The molecule has 0 aromatic heterocycles. The minimum Gasteiger partial charge on any atom is -0.478 e. The van der Waals surface area contributed by atoms with Gasteiger partial charge in [-0.05, 0) is 25.1 Å². The van der Waals surface area contributed by atoms with Crippen LogP contribution in [-0.2, 0) is 4.79 Å². The molecule has 1 aromatic carbocycles. The first-order valence-corrected chi connectivity index (χ1v) is 5.58. The van der Waals surface area contributed by atoms with Crippen LogP contribution in [0.15, 0.2) is 18.2 Å². The first kappa shape index (κ1) is 14.1. The van der Waals surface area contributed by atoms with Gasteiger partial charge in [0.25, 0.3) is 0 Å². The van der Waals surface area contributed by atoms with E-state index in [2.05, 4.69) is 10.6 Å². The second kappa shape index (κ2) is 6.70. The molecule has 1 aromatic rings. The summed E-state index contributed by atoms with van der Waals surface area (Å²) in [5.74, 6) is -2.69. The van der Waals surface area contributed by atoms with E-state index in [1.54, 1.807) is 0 Å². The zero-order valence-corrected chi connectivity index (χ0v) is 10.00. The van der Waals surface area contributed by atoms with Crippen molar-refractivity contribution in [3.63, 3.8) is 0 Å². The number of aromatic carboxylic acids is 1. The molecule has 0 aliphatic rings. The first-order chi connectivity index (χ1) is 8.56. The topological polar surface area (TPSA) is 78.4 Å². The quantitative estimate of drug-likeness (QED) is 0.672. The van der Waals surface area contributed by atoms with E-state index in [0.29, 0.717) is 6.54 Å². The molecule has 0 spiro atoms. The van der Waals surface area contributed by atoms with Crippen LogP contribution in [0, 0.1) is 5.82 Å². The molecule has 0 aliphatic heterocycles. The number of hydrogen-bond acceptors (Lipinski definition) is 3. The van der Waals surface area contributed by atoms with Crippen molar-refractivity contribution < 1.29 is 19.1 Å². The number of carbonyl (C=O) groups is 2. The number of amides is 1. The third-order valence-electron chi connectivity index (χ3n) is 2.21. The molecule has 0 unspecified atom stereocenters. The Balaban J connectivity index is 2.75. The maximum atomic E-state index is 13.3. The Morgan fingerprint density at radius 3 is 2.72 bits per heavy atom. The van der Waals surface area contributed by atoms with E-state index in [9.17, 15) is 14.0 Å². The minimum absolute atomic E-state index is 0.0363. The van der Waals surface area contributed by atoms with Crippen molar-refractivity contribution in [1.82, 2.24) is 5.32 Å². The van der Waals surface area contributed by atoms with E-state index in [4.69, 9.17) is 5.11 Å². The maximum Gasteiger partial charge on any atom is 0.340 e. The second-order valence-electron chi connectivity index (χ2n) is 3.69. The van der Waals surface area contributed by atoms with Crippen LogP contribution in [0.3, 0.4) is 0 Å². The van der Waals surface area contributed by atoms with Gasteiger partial charge in [-0.1, -0.05) is 13.0 Å². The lowest BCUT2D eigenvalue weighted by Gasteiger charge is -2.09. The fourth-order valence-corrected chi connectivity index (χ4v) is 1.42. The Hall–Kier alpha value is -1.95. The normalized spacial score (nSPS) is 10.1. The molecule has 0 heterocycles. The van der Waals surface area contributed by atoms with Gasteiger partial charge in [-0.15, -0.1) is 0 Å². The number of nitrogens with one attached hydrogen (secondary N) is 2. The number of carboxylic acid groups (broad SMARTS) is 1. The van der Waals surface area contributed by atoms with Gasteiger partial charge in [0.1, 0.15) is 11.4 Å². The highest BCUT2D eigenvalue weighted by Gasteiger charge is 2.16. The summed E-state index contributed by atoms with van der Waals surface area (Å²) in [6, 6.07) is 3.73. The Morgan fingerprint density at radius 2 is 2.11 bits per heavy atom. The van der Waals surface area contributed by atoms with Crippen LogP contribution in [0.25, 0.3) is 0 Å². The Bertz CT molecular complexity index is 449. The van der Waals surface area contributed by atoms with Gasteiger partial charge in [0.2, 0.25) is 5.91 Å². The number of benzene rings is 1. The molecule has 0 saturated carbocycles. The lowest BCUT2D eigenvalue weighted by atomic mass is 10.1. The van der Waals surface area contributed by atoms with E-state index in [1.807, 2.05) is 6.92 Å². The Morgan fingerprint density at radius 1 is 1.39 bits per heavy atom. The predicted octanol–water partition coefficient (Wildman–Crippen LogP) is 1.46. The highest BCUT2D eigenvalue weighted by atomic mass is 19.1. The standard InChI is InChI=1S/C12H15FN2O3/c1-2-6-14-7-10(16)15-9-5-3-4-8(13)11(9)12(17)18/h3-5,14H,2,6-7H2,1H3,(H,15,16)(H,17,18). The van der Waals surface area contributed by atoms with Crippen molar-refractivity contribution in [2.24, 2.45) is 0 Å². The summed E-state index contributed by atoms with van der Waals surface area (Å²) in [4.78, 5) is 22.4. The number of carbonyl (C=O) groups excluding carboxylic acids is 1. The number of anilines is 1. The minimum atomic E-state index is -1.41. The van der Waals surface area contributed by atoms with Crippen LogP contribution < -0.4 is 10.6 Å². The molecule has 0 bridgehead atoms. The van der Waals surface area contributed by atoms with Gasteiger partial charge in [0.15, 0.2) is 0 Å². The monoisotopic (exact) mass is 254 g/mol. The van der Waals surface area contributed by atoms with E-state index in [-0.39, 0.29) is 12.2 Å². The molecule has 1 amide bonds.